The molecule has 2 nitrogen and oxygen atoms in total. The van der Waals surface area contributed by atoms with Crippen molar-refractivity contribution in [1.82, 2.24) is 0 Å². The van der Waals surface area contributed by atoms with Crippen LogP contribution in [0.25, 0.3) is 0 Å². The lowest BCUT2D eigenvalue weighted by Gasteiger charge is -2.26. The molecule has 0 spiro atoms. The molecule has 1 rings (SSSR count). The van der Waals surface area contributed by atoms with Gasteiger partial charge in [0.2, 0.25) is 0 Å². The fourth-order valence-electron chi connectivity index (χ4n) is 2.44. The summed E-state index contributed by atoms with van der Waals surface area (Å²) in [5, 5.41) is 0. The van der Waals surface area contributed by atoms with E-state index in [1.165, 1.54) is 11.1 Å². The van der Waals surface area contributed by atoms with Crippen LogP contribution in [0.5, 0.6) is 5.75 Å². The zero-order valence-corrected chi connectivity index (χ0v) is 13.3. The Bertz CT molecular complexity index is 406. The molecule has 2 heteroatoms. The fourth-order valence-corrected chi connectivity index (χ4v) is 2.44. The van der Waals surface area contributed by atoms with Gasteiger partial charge in [-0.2, -0.15) is 0 Å². The first-order chi connectivity index (χ1) is 8.81. The molecule has 0 bridgehead atoms. The maximum absolute atomic E-state index is 5.67. The molecule has 0 aliphatic heterocycles. The van der Waals surface area contributed by atoms with Crippen LogP contribution in [0, 0.1) is 5.92 Å². The molecular formula is C17H29NO. The van der Waals surface area contributed by atoms with Crippen LogP contribution < -0.4 is 10.5 Å². The molecule has 2 unspecified atom stereocenters. The molecule has 0 saturated heterocycles. The number of rotatable bonds is 5. The summed E-state index contributed by atoms with van der Waals surface area (Å²) in [4.78, 5) is 0. The van der Waals surface area contributed by atoms with Gasteiger partial charge in [-0.15, -0.1) is 0 Å². The van der Waals surface area contributed by atoms with Crippen LogP contribution in [0.15, 0.2) is 18.2 Å². The van der Waals surface area contributed by atoms with Crippen molar-refractivity contribution in [2.24, 2.45) is 11.7 Å². The van der Waals surface area contributed by atoms with Gasteiger partial charge < -0.3 is 10.5 Å². The summed E-state index contributed by atoms with van der Waals surface area (Å²) in [6.45, 7) is 12.0. The minimum absolute atomic E-state index is 0.0954. The third-order valence-electron chi connectivity index (χ3n) is 4.03. The highest BCUT2D eigenvalue weighted by molar-refractivity contribution is 5.42. The number of hydrogen-bond acceptors (Lipinski definition) is 2. The van der Waals surface area contributed by atoms with Crippen molar-refractivity contribution in [3.05, 3.63) is 29.3 Å². The van der Waals surface area contributed by atoms with Gasteiger partial charge in [-0.25, -0.2) is 0 Å². The molecule has 0 aromatic heterocycles. The van der Waals surface area contributed by atoms with Crippen LogP contribution in [-0.2, 0) is 5.41 Å². The third kappa shape index (κ3) is 3.97. The van der Waals surface area contributed by atoms with E-state index in [4.69, 9.17) is 10.5 Å². The van der Waals surface area contributed by atoms with Crippen molar-refractivity contribution in [3.8, 4) is 5.75 Å². The van der Waals surface area contributed by atoms with Crippen molar-refractivity contribution >= 4 is 0 Å². The lowest BCUT2D eigenvalue weighted by molar-refractivity contribution is 0.396. The molecule has 2 atom stereocenters. The van der Waals surface area contributed by atoms with Crippen LogP contribution in [0.3, 0.4) is 0 Å². The summed E-state index contributed by atoms with van der Waals surface area (Å²) in [5.74, 6) is 2.11. The first-order valence-corrected chi connectivity index (χ1v) is 7.19. The van der Waals surface area contributed by atoms with Gasteiger partial charge in [-0.3, -0.25) is 0 Å². The fraction of sp³-hybridized carbons (Fsp3) is 0.647. The van der Waals surface area contributed by atoms with Gasteiger partial charge in [0.25, 0.3) is 0 Å². The Morgan fingerprint density at radius 3 is 2.32 bits per heavy atom. The van der Waals surface area contributed by atoms with E-state index in [-0.39, 0.29) is 5.41 Å². The van der Waals surface area contributed by atoms with Gasteiger partial charge in [0.1, 0.15) is 5.75 Å². The summed E-state index contributed by atoms with van der Waals surface area (Å²) in [6.07, 6.45) is 1.07. The van der Waals surface area contributed by atoms with Gasteiger partial charge in [-0.1, -0.05) is 46.8 Å². The van der Waals surface area contributed by atoms with Gasteiger partial charge in [0, 0.05) is 0 Å². The predicted molar refractivity (Wildman–Crippen MR) is 82.9 cm³/mol. The average molecular weight is 263 g/mol. The van der Waals surface area contributed by atoms with Crippen LogP contribution in [0.1, 0.15) is 58.1 Å². The Hall–Kier alpha value is -1.02. The summed E-state index contributed by atoms with van der Waals surface area (Å²) >= 11 is 0. The van der Waals surface area contributed by atoms with Gasteiger partial charge in [0.15, 0.2) is 0 Å². The van der Waals surface area contributed by atoms with Crippen molar-refractivity contribution in [1.29, 1.82) is 0 Å². The second kappa shape index (κ2) is 6.42. The van der Waals surface area contributed by atoms with E-state index in [1.807, 2.05) is 0 Å². The molecule has 0 fully saturated rings. The third-order valence-corrected chi connectivity index (χ3v) is 4.03. The highest BCUT2D eigenvalue weighted by atomic mass is 16.5. The highest BCUT2D eigenvalue weighted by Gasteiger charge is 2.21. The lowest BCUT2D eigenvalue weighted by Crippen LogP contribution is -2.16. The SMILES string of the molecule is COc1ccc(C(C)C(C)CCN)cc1C(C)(C)C. The molecule has 0 heterocycles. The molecule has 1 aromatic rings. The van der Waals surface area contributed by atoms with Crippen molar-refractivity contribution in [2.45, 2.75) is 52.4 Å². The summed E-state index contributed by atoms with van der Waals surface area (Å²) in [5.41, 5.74) is 8.42. The van der Waals surface area contributed by atoms with Crippen molar-refractivity contribution < 1.29 is 4.74 Å². The minimum Gasteiger partial charge on any atom is -0.496 e. The summed E-state index contributed by atoms with van der Waals surface area (Å²) < 4.78 is 5.49. The van der Waals surface area contributed by atoms with E-state index in [0.717, 1.165) is 18.7 Å². The normalized spacial score (nSPS) is 15.1. The smallest absolute Gasteiger partial charge is 0.122 e. The topological polar surface area (TPSA) is 35.2 Å². The molecular weight excluding hydrogens is 234 g/mol. The van der Waals surface area contributed by atoms with Gasteiger partial charge >= 0.3 is 0 Å². The number of nitrogens with two attached hydrogens (primary N) is 1. The first-order valence-electron chi connectivity index (χ1n) is 7.19. The Morgan fingerprint density at radius 2 is 1.84 bits per heavy atom. The zero-order valence-electron chi connectivity index (χ0n) is 13.3. The molecule has 0 aliphatic carbocycles. The lowest BCUT2D eigenvalue weighted by atomic mass is 9.81. The maximum Gasteiger partial charge on any atom is 0.122 e. The number of ether oxygens (including phenoxy) is 1. The number of hydrogen-bond donors (Lipinski definition) is 1. The van der Waals surface area contributed by atoms with Crippen LogP contribution in [0.4, 0.5) is 0 Å². The average Bonchev–Trinajstić information content (AvgIpc) is 2.36. The Balaban J connectivity index is 3.11. The van der Waals surface area contributed by atoms with E-state index in [2.05, 4.69) is 52.8 Å². The van der Waals surface area contributed by atoms with Crippen molar-refractivity contribution in [3.63, 3.8) is 0 Å². The molecule has 108 valence electrons. The van der Waals surface area contributed by atoms with Gasteiger partial charge in [-0.05, 0) is 47.4 Å². The molecule has 2 N–H and O–H groups in total. The zero-order chi connectivity index (χ0) is 14.6. The molecule has 1 aromatic carbocycles. The van der Waals surface area contributed by atoms with E-state index >= 15 is 0 Å². The summed E-state index contributed by atoms with van der Waals surface area (Å²) in [6, 6.07) is 6.59. The van der Waals surface area contributed by atoms with E-state index in [0.29, 0.717) is 11.8 Å². The quantitative estimate of drug-likeness (QED) is 0.868. The second-order valence-electron chi connectivity index (χ2n) is 6.55. The first kappa shape index (κ1) is 16.0. The van der Waals surface area contributed by atoms with Crippen molar-refractivity contribution in [2.75, 3.05) is 13.7 Å². The Morgan fingerprint density at radius 1 is 1.21 bits per heavy atom. The maximum atomic E-state index is 5.67. The van der Waals surface area contributed by atoms with E-state index in [9.17, 15) is 0 Å². The molecule has 0 aliphatic rings. The predicted octanol–water partition coefficient (Wildman–Crippen LogP) is 4.08. The highest BCUT2D eigenvalue weighted by Crippen LogP contribution is 2.35. The van der Waals surface area contributed by atoms with Crippen LogP contribution >= 0.6 is 0 Å². The van der Waals surface area contributed by atoms with Gasteiger partial charge in [0.05, 0.1) is 7.11 Å². The molecule has 0 radical (unpaired) electrons. The van der Waals surface area contributed by atoms with E-state index in [1.54, 1.807) is 7.11 Å². The van der Waals surface area contributed by atoms with E-state index < -0.39 is 0 Å². The largest absolute Gasteiger partial charge is 0.496 e. The molecule has 0 amide bonds. The minimum atomic E-state index is 0.0954. The second-order valence-corrected chi connectivity index (χ2v) is 6.55. The summed E-state index contributed by atoms with van der Waals surface area (Å²) in [7, 11) is 1.74. The number of benzene rings is 1. The molecule has 0 saturated carbocycles. The number of methoxy groups -OCH3 is 1. The molecule has 19 heavy (non-hydrogen) atoms. The Labute approximate surface area is 118 Å². The monoisotopic (exact) mass is 263 g/mol. The van der Waals surface area contributed by atoms with Crippen LogP contribution in [0.2, 0.25) is 0 Å². The Kier molecular flexibility index (Phi) is 5.42. The standard InChI is InChI=1S/C17H29NO/c1-12(9-10-18)13(2)14-7-8-16(19-6)15(11-14)17(3,4)5/h7-8,11-13H,9-10,18H2,1-6H3. The van der Waals surface area contributed by atoms with Crippen LogP contribution in [-0.4, -0.2) is 13.7 Å².